The van der Waals surface area contributed by atoms with Gasteiger partial charge in [-0.25, -0.2) is 4.98 Å². The topological polar surface area (TPSA) is 68.7 Å². The fraction of sp³-hybridized carbons (Fsp3) is 0.538. The summed E-state index contributed by atoms with van der Waals surface area (Å²) in [5, 5.41) is 13.2. The van der Waals surface area contributed by atoms with Crippen molar-refractivity contribution in [3.05, 3.63) is 59.3 Å². The van der Waals surface area contributed by atoms with Crippen LogP contribution in [0.4, 0.5) is 5.82 Å². The van der Waals surface area contributed by atoms with Gasteiger partial charge in [0, 0.05) is 31.9 Å². The summed E-state index contributed by atoms with van der Waals surface area (Å²) >= 11 is 0. The van der Waals surface area contributed by atoms with Crippen LogP contribution in [0.15, 0.2) is 42.5 Å². The molecule has 6 heteroatoms. The van der Waals surface area contributed by atoms with Gasteiger partial charge in [0.2, 0.25) is 0 Å². The highest BCUT2D eigenvalue weighted by Crippen LogP contribution is 2.31. The first-order valence-electron chi connectivity index (χ1n) is 12.1. The van der Waals surface area contributed by atoms with E-state index in [1.807, 2.05) is 30.3 Å². The van der Waals surface area contributed by atoms with E-state index in [1.165, 1.54) is 30.5 Å². The fourth-order valence-electron chi connectivity index (χ4n) is 5.60. The molecule has 2 aromatic rings. The molecule has 0 bridgehead atoms. The van der Waals surface area contributed by atoms with Crippen LogP contribution in [0.2, 0.25) is 0 Å². The lowest BCUT2D eigenvalue weighted by Gasteiger charge is -2.45. The van der Waals surface area contributed by atoms with Gasteiger partial charge in [0.05, 0.1) is 0 Å². The van der Waals surface area contributed by atoms with Gasteiger partial charge in [-0.3, -0.25) is 9.69 Å². The molecule has 0 aliphatic carbocycles. The Bertz CT molecular complexity index is 921. The van der Waals surface area contributed by atoms with Crippen molar-refractivity contribution in [3.63, 3.8) is 0 Å². The van der Waals surface area contributed by atoms with Gasteiger partial charge in [0.15, 0.2) is 0 Å². The fourth-order valence-corrected chi connectivity index (χ4v) is 5.60. The zero-order valence-electron chi connectivity index (χ0n) is 18.7. The summed E-state index contributed by atoms with van der Waals surface area (Å²) in [6.07, 6.45) is 5.88. The summed E-state index contributed by atoms with van der Waals surface area (Å²) in [6.45, 7) is 6.16. The predicted molar refractivity (Wildman–Crippen MR) is 126 cm³/mol. The molecule has 0 unspecified atom stereocenters. The van der Waals surface area contributed by atoms with Crippen molar-refractivity contribution in [3.8, 4) is 0 Å². The van der Waals surface area contributed by atoms with E-state index in [-0.39, 0.29) is 0 Å². The Labute approximate surface area is 190 Å². The first kappa shape index (κ1) is 21.4. The number of aromatic nitrogens is 1. The van der Waals surface area contributed by atoms with Gasteiger partial charge in [-0.15, -0.1) is 0 Å². The lowest BCUT2D eigenvalue weighted by atomic mass is 9.89. The normalized spacial score (nSPS) is 21.4. The molecule has 6 nitrogen and oxygen atoms in total. The van der Waals surface area contributed by atoms with Gasteiger partial charge in [-0.2, -0.15) is 0 Å². The standard InChI is InChI=1S/C26H34N4O2/c31-26(32)24(21-5-2-1-3-6-21)30-17-20(18-30)16-29-13-10-19(11-14-29)15-23-9-8-22-7-4-12-27-25(22)28-23/h1-3,5-6,8-9,19-20,24H,4,7,10-18H2,(H,27,28)(H,31,32)/t24-/m0/s1. The van der Waals surface area contributed by atoms with E-state index >= 15 is 0 Å². The Kier molecular flexibility index (Phi) is 6.42. The van der Waals surface area contributed by atoms with Gasteiger partial charge in [-0.05, 0) is 74.2 Å². The van der Waals surface area contributed by atoms with Crippen LogP contribution < -0.4 is 5.32 Å². The molecule has 5 rings (SSSR count). The number of carboxylic acids is 1. The number of anilines is 1. The Morgan fingerprint density at radius 3 is 2.62 bits per heavy atom. The smallest absolute Gasteiger partial charge is 0.325 e. The summed E-state index contributed by atoms with van der Waals surface area (Å²) in [7, 11) is 0. The summed E-state index contributed by atoms with van der Waals surface area (Å²) in [6, 6.07) is 13.6. The van der Waals surface area contributed by atoms with Gasteiger partial charge in [0.1, 0.15) is 11.9 Å². The minimum absolute atomic E-state index is 0.517. The highest BCUT2D eigenvalue weighted by Gasteiger charge is 2.38. The van der Waals surface area contributed by atoms with E-state index in [2.05, 4.69) is 27.2 Å². The third-order valence-electron chi connectivity index (χ3n) is 7.37. The molecule has 0 spiro atoms. The lowest BCUT2D eigenvalue weighted by molar-refractivity contribution is -0.147. The number of piperidine rings is 1. The minimum Gasteiger partial charge on any atom is -0.480 e. The van der Waals surface area contributed by atoms with Crippen LogP contribution in [0.25, 0.3) is 0 Å². The average Bonchev–Trinajstić information content (AvgIpc) is 2.79. The number of nitrogens with zero attached hydrogens (tertiary/aromatic N) is 3. The van der Waals surface area contributed by atoms with Crippen LogP contribution in [0.3, 0.4) is 0 Å². The van der Waals surface area contributed by atoms with Crippen molar-refractivity contribution in [2.75, 3.05) is 44.6 Å². The van der Waals surface area contributed by atoms with Crippen LogP contribution >= 0.6 is 0 Å². The zero-order valence-corrected chi connectivity index (χ0v) is 18.7. The van der Waals surface area contributed by atoms with Crippen molar-refractivity contribution in [2.45, 2.75) is 38.1 Å². The van der Waals surface area contributed by atoms with Gasteiger partial charge >= 0.3 is 5.97 Å². The Morgan fingerprint density at radius 1 is 1.09 bits per heavy atom. The maximum Gasteiger partial charge on any atom is 0.325 e. The van der Waals surface area contributed by atoms with Crippen LogP contribution in [0.1, 0.15) is 42.1 Å². The summed E-state index contributed by atoms with van der Waals surface area (Å²) < 4.78 is 0. The lowest BCUT2D eigenvalue weighted by Crippen LogP contribution is -2.54. The van der Waals surface area contributed by atoms with Crippen molar-refractivity contribution < 1.29 is 9.90 Å². The maximum absolute atomic E-state index is 11.8. The molecular formula is C26H34N4O2. The third kappa shape index (κ3) is 4.81. The Morgan fingerprint density at radius 2 is 1.88 bits per heavy atom. The molecular weight excluding hydrogens is 400 g/mol. The number of aliphatic carboxylic acids is 1. The van der Waals surface area contributed by atoms with Crippen LogP contribution in [-0.2, 0) is 17.6 Å². The van der Waals surface area contributed by atoms with Crippen LogP contribution in [-0.4, -0.2) is 65.1 Å². The molecule has 170 valence electrons. The second-order valence-electron chi connectivity index (χ2n) is 9.76. The van der Waals surface area contributed by atoms with E-state index < -0.39 is 12.0 Å². The average molecular weight is 435 g/mol. The van der Waals surface area contributed by atoms with Crippen molar-refractivity contribution in [2.24, 2.45) is 11.8 Å². The first-order valence-corrected chi connectivity index (χ1v) is 12.1. The van der Waals surface area contributed by atoms with Crippen LogP contribution in [0.5, 0.6) is 0 Å². The van der Waals surface area contributed by atoms with E-state index in [0.717, 1.165) is 63.5 Å². The van der Waals surface area contributed by atoms with Gasteiger partial charge < -0.3 is 15.3 Å². The molecule has 1 atom stereocenters. The van der Waals surface area contributed by atoms with Crippen molar-refractivity contribution in [1.29, 1.82) is 0 Å². The van der Waals surface area contributed by atoms with E-state index in [4.69, 9.17) is 4.98 Å². The SMILES string of the molecule is O=C(O)[C@H](c1ccccc1)N1CC(CN2CCC(Cc3ccc4c(n3)NCCC4)CC2)C1. The third-order valence-corrected chi connectivity index (χ3v) is 7.37. The molecule has 2 saturated heterocycles. The number of hydrogen-bond acceptors (Lipinski definition) is 5. The molecule has 0 radical (unpaired) electrons. The summed E-state index contributed by atoms with van der Waals surface area (Å²) in [4.78, 5) is 21.4. The number of aryl methyl sites for hydroxylation is 1. The number of fused-ring (bicyclic) bond motifs is 1. The minimum atomic E-state index is -0.749. The Hall–Kier alpha value is -2.44. The highest BCUT2D eigenvalue weighted by atomic mass is 16.4. The maximum atomic E-state index is 11.8. The summed E-state index contributed by atoms with van der Waals surface area (Å²) in [5.74, 6) is 1.65. The van der Waals surface area contributed by atoms with Gasteiger partial charge in [-0.1, -0.05) is 36.4 Å². The number of hydrogen-bond donors (Lipinski definition) is 2. The molecule has 3 aliphatic heterocycles. The quantitative estimate of drug-likeness (QED) is 0.696. The number of pyridine rings is 1. The molecule has 1 aromatic carbocycles. The molecule has 4 heterocycles. The van der Waals surface area contributed by atoms with Gasteiger partial charge in [0.25, 0.3) is 0 Å². The van der Waals surface area contributed by atoms with Crippen molar-refractivity contribution in [1.82, 2.24) is 14.8 Å². The van der Waals surface area contributed by atoms with Crippen molar-refractivity contribution >= 4 is 11.8 Å². The predicted octanol–water partition coefficient (Wildman–Crippen LogP) is 3.45. The van der Waals surface area contributed by atoms with E-state index in [1.54, 1.807) is 0 Å². The Balaban J connectivity index is 1.07. The molecule has 1 aromatic heterocycles. The number of carboxylic acid groups (broad SMARTS) is 1. The summed E-state index contributed by atoms with van der Waals surface area (Å²) in [5.41, 5.74) is 3.47. The molecule has 3 aliphatic rings. The number of likely N-dealkylation sites (tertiary alicyclic amines) is 2. The van der Waals surface area contributed by atoms with E-state index in [9.17, 15) is 9.90 Å². The molecule has 0 amide bonds. The molecule has 32 heavy (non-hydrogen) atoms. The molecule has 2 fully saturated rings. The number of nitrogens with one attached hydrogen (secondary N) is 1. The zero-order chi connectivity index (χ0) is 21.9. The highest BCUT2D eigenvalue weighted by molar-refractivity contribution is 5.75. The second-order valence-corrected chi connectivity index (χ2v) is 9.76. The molecule has 0 saturated carbocycles. The largest absolute Gasteiger partial charge is 0.480 e. The number of benzene rings is 1. The van der Waals surface area contributed by atoms with E-state index in [0.29, 0.717) is 11.8 Å². The second kappa shape index (κ2) is 9.59. The monoisotopic (exact) mass is 434 g/mol. The molecule has 2 N–H and O–H groups in total. The number of rotatable bonds is 7. The van der Waals surface area contributed by atoms with Crippen LogP contribution in [0, 0.1) is 11.8 Å². The number of carbonyl (C=O) groups is 1. The first-order chi connectivity index (χ1) is 15.7.